The van der Waals surface area contributed by atoms with E-state index in [0.29, 0.717) is 18.8 Å². The monoisotopic (exact) mass is 314 g/mol. The maximum atomic E-state index is 9.92. The molecule has 0 fully saturated rings. The number of furan rings is 1. The summed E-state index contributed by atoms with van der Waals surface area (Å²) >= 11 is 1.63. The molecular formula is C17H18N2O2S. The van der Waals surface area contributed by atoms with Gasteiger partial charge < -0.3 is 14.8 Å². The minimum Gasteiger partial charge on any atom is -0.467 e. The average Bonchev–Trinajstić information content (AvgIpc) is 3.19. The number of aliphatic hydroxyl groups is 1. The van der Waals surface area contributed by atoms with Gasteiger partial charge >= 0.3 is 0 Å². The summed E-state index contributed by atoms with van der Waals surface area (Å²) < 4.78 is 5.17. The first kappa shape index (κ1) is 15.0. The zero-order chi connectivity index (χ0) is 15.4. The van der Waals surface area contributed by atoms with E-state index in [-0.39, 0.29) is 0 Å². The SMILES string of the molecule is Cc1ccc(-c2nc(CNCC(O)c3ccco3)cs2)cc1. The van der Waals surface area contributed by atoms with Crippen LogP contribution in [0.25, 0.3) is 10.6 Å². The van der Waals surface area contributed by atoms with Gasteiger partial charge in [-0.15, -0.1) is 11.3 Å². The third-order valence-corrected chi connectivity index (χ3v) is 4.31. The first-order chi connectivity index (χ1) is 10.7. The van der Waals surface area contributed by atoms with Crippen molar-refractivity contribution in [3.05, 3.63) is 65.1 Å². The lowest BCUT2D eigenvalue weighted by Gasteiger charge is -2.08. The lowest BCUT2D eigenvalue weighted by atomic mass is 10.2. The lowest BCUT2D eigenvalue weighted by Crippen LogP contribution is -2.20. The molecule has 1 aromatic carbocycles. The molecule has 0 aliphatic carbocycles. The van der Waals surface area contributed by atoms with E-state index in [9.17, 15) is 5.11 Å². The maximum Gasteiger partial charge on any atom is 0.133 e. The Kier molecular flexibility index (Phi) is 4.68. The molecule has 0 bridgehead atoms. The second kappa shape index (κ2) is 6.87. The molecule has 2 N–H and O–H groups in total. The van der Waals surface area contributed by atoms with Crippen molar-refractivity contribution in [1.82, 2.24) is 10.3 Å². The summed E-state index contributed by atoms with van der Waals surface area (Å²) in [6.07, 6.45) is 0.928. The summed E-state index contributed by atoms with van der Waals surface area (Å²) in [6, 6.07) is 11.9. The van der Waals surface area contributed by atoms with Crippen LogP contribution in [0.5, 0.6) is 0 Å². The third kappa shape index (κ3) is 3.62. The number of nitrogens with zero attached hydrogens (tertiary/aromatic N) is 1. The van der Waals surface area contributed by atoms with Crippen molar-refractivity contribution in [2.75, 3.05) is 6.54 Å². The van der Waals surface area contributed by atoms with Gasteiger partial charge in [0.15, 0.2) is 0 Å². The Bertz CT molecular complexity index is 705. The summed E-state index contributed by atoms with van der Waals surface area (Å²) in [5, 5.41) is 16.2. The van der Waals surface area contributed by atoms with E-state index in [4.69, 9.17) is 4.42 Å². The highest BCUT2D eigenvalue weighted by molar-refractivity contribution is 7.13. The van der Waals surface area contributed by atoms with Crippen LogP contribution in [0.4, 0.5) is 0 Å². The van der Waals surface area contributed by atoms with Crippen LogP contribution in [0.3, 0.4) is 0 Å². The van der Waals surface area contributed by atoms with Crippen LogP contribution in [-0.2, 0) is 6.54 Å². The summed E-state index contributed by atoms with van der Waals surface area (Å²) in [6.45, 7) is 3.14. The second-order valence-corrected chi connectivity index (χ2v) is 6.03. The van der Waals surface area contributed by atoms with Gasteiger partial charge in [-0.05, 0) is 19.1 Å². The van der Waals surface area contributed by atoms with Gasteiger partial charge in [0.1, 0.15) is 16.9 Å². The lowest BCUT2D eigenvalue weighted by molar-refractivity contribution is 0.147. The van der Waals surface area contributed by atoms with Gasteiger partial charge in [0, 0.05) is 24.0 Å². The Morgan fingerprint density at radius 3 is 2.82 bits per heavy atom. The second-order valence-electron chi connectivity index (χ2n) is 5.17. The topological polar surface area (TPSA) is 58.3 Å². The Labute approximate surface area is 133 Å². The molecule has 2 aromatic heterocycles. The summed E-state index contributed by atoms with van der Waals surface area (Å²) in [5.41, 5.74) is 3.36. The molecule has 3 aromatic rings. The Hall–Kier alpha value is -1.95. The van der Waals surface area contributed by atoms with Crippen LogP contribution < -0.4 is 5.32 Å². The fourth-order valence-corrected chi connectivity index (χ4v) is 2.96. The molecule has 0 aliphatic rings. The predicted molar refractivity (Wildman–Crippen MR) is 87.7 cm³/mol. The minimum atomic E-state index is -0.634. The minimum absolute atomic E-state index is 0.435. The molecule has 0 saturated carbocycles. The van der Waals surface area contributed by atoms with Crippen LogP contribution in [-0.4, -0.2) is 16.6 Å². The molecule has 0 radical (unpaired) electrons. The summed E-state index contributed by atoms with van der Waals surface area (Å²) in [5.74, 6) is 0.575. The number of aromatic nitrogens is 1. The number of nitrogens with one attached hydrogen (secondary N) is 1. The number of benzene rings is 1. The molecule has 5 heteroatoms. The maximum absolute atomic E-state index is 9.92. The summed E-state index contributed by atoms with van der Waals surface area (Å²) in [4.78, 5) is 4.62. The van der Waals surface area contributed by atoms with Gasteiger partial charge in [0.2, 0.25) is 0 Å². The van der Waals surface area contributed by atoms with Crippen molar-refractivity contribution in [1.29, 1.82) is 0 Å². The first-order valence-electron chi connectivity index (χ1n) is 7.16. The van der Waals surface area contributed by atoms with Crippen LogP contribution in [0, 0.1) is 6.92 Å². The summed E-state index contributed by atoms with van der Waals surface area (Å²) in [7, 11) is 0. The molecule has 0 saturated heterocycles. The van der Waals surface area contributed by atoms with Gasteiger partial charge in [0.05, 0.1) is 12.0 Å². The van der Waals surface area contributed by atoms with E-state index in [2.05, 4.69) is 41.5 Å². The van der Waals surface area contributed by atoms with E-state index in [0.717, 1.165) is 16.3 Å². The van der Waals surface area contributed by atoms with Crippen molar-refractivity contribution >= 4 is 11.3 Å². The molecular weight excluding hydrogens is 296 g/mol. The average molecular weight is 314 g/mol. The molecule has 22 heavy (non-hydrogen) atoms. The number of aryl methyl sites for hydroxylation is 1. The Morgan fingerprint density at radius 2 is 2.09 bits per heavy atom. The van der Waals surface area contributed by atoms with Crippen molar-refractivity contribution in [3.8, 4) is 10.6 Å². The molecule has 2 heterocycles. The highest BCUT2D eigenvalue weighted by atomic mass is 32.1. The van der Waals surface area contributed by atoms with Crippen molar-refractivity contribution < 1.29 is 9.52 Å². The van der Waals surface area contributed by atoms with Crippen molar-refractivity contribution in [2.45, 2.75) is 19.6 Å². The van der Waals surface area contributed by atoms with Gasteiger partial charge in [-0.1, -0.05) is 29.8 Å². The van der Waals surface area contributed by atoms with Gasteiger partial charge in [-0.3, -0.25) is 0 Å². The first-order valence-corrected chi connectivity index (χ1v) is 8.04. The smallest absolute Gasteiger partial charge is 0.133 e. The predicted octanol–water partition coefficient (Wildman–Crippen LogP) is 3.53. The third-order valence-electron chi connectivity index (χ3n) is 3.37. The van der Waals surface area contributed by atoms with Gasteiger partial charge in [-0.25, -0.2) is 4.98 Å². The van der Waals surface area contributed by atoms with Crippen LogP contribution >= 0.6 is 11.3 Å². The molecule has 114 valence electrons. The molecule has 4 nitrogen and oxygen atoms in total. The van der Waals surface area contributed by atoms with E-state index < -0.39 is 6.10 Å². The standard InChI is InChI=1S/C17H18N2O2S/c1-12-4-6-13(7-5-12)17-19-14(11-22-17)9-18-10-15(20)16-3-2-8-21-16/h2-8,11,15,18,20H,9-10H2,1H3. The van der Waals surface area contributed by atoms with Crippen molar-refractivity contribution in [3.63, 3.8) is 0 Å². The van der Waals surface area contributed by atoms with E-state index >= 15 is 0 Å². The Balaban J connectivity index is 1.55. The van der Waals surface area contributed by atoms with E-state index in [1.54, 1.807) is 29.7 Å². The van der Waals surface area contributed by atoms with Crippen LogP contribution in [0.1, 0.15) is 23.1 Å². The molecule has 3 rings (SSSR count). The molecule has 1 atom stereocenters. The molecule has 0 amide bonds. The number of hydrogen-bond donors (Lipinski definition) is 2. The van der Waals surface area contributed by atoms with Crippen LogP contribution in [0.15, 0.2) is 52.5 Å². The highest BCUT2D eigenvalue weighted by Gasteiger charge is 2.10. The van der Waals surface area contributed by atoms with Crippen molar-refractivity contribution in [2.24, 2.45) is 0 Å². The Morgan fingerprint density at radius 1 is 1.27 bits per heavy atom. The fraction of sp³-hybridized carbons (Fsp3) is 0.235. The highest BCUT2D eigenvalue weighted by Crippen LogP contribution is 2.24. The van der Waals surface area contributed by atoms with Gasteiger partial charge in [0.25, 0.3) is 0 Å². The number of aliphatic hydroxyl groups excluding tert-OH is 1. The normalized spacial score (nSPS) is 12.5. The molecule has 1 unspecified atom stereocenters. The quantitative estimate of drug-likeness (QED) is 0.731. The number of thiazole rings is 1. The fourth-order valence-electron chi connectivity index (χ4n) is 2.14. The van der Waals surface area contributed by atoms with E-state index in [1.165, 1.54) is 5.56 Å². The molecule has 0 aliphatic heterocycles. The number of hydrogen-bond acceptors (Lipinski definition) is 5. The van der Waals surface area contributed by atoms with Gasteiger partial charge in [-0.2, -0.15) is 0 Å². The largest absolute Gasteiger partial charge is 0.467 e. The number of rotatable bonds is 6. The van der Waals surface area contributed by atoms with Crippen LogP contribution in [0.2, 0.25) is 0 Å². The molecule has 0 spiro atoms. The zero-order valence-corrected chi connectivity index (χ0v) is 13.1. The zero-order valence-electron chi connectivity index (χ0n) is 12.3. The van der Waals surface area contributed by atoms with E-state index in [1.807, 2.05) is 5.38 Å².